The van der Waals surface area contributed by atoms with E-state index in [0.717, 1.165) is 17.3 Å². The van der Waals surface area contributed by atoms with Gasteiger partial charge in [-0.3, -0.25) is 9.69 Å². The summed E-state index contributed by atoms with van der Waals surface area (Å²) in [5.74, 6) is 0.0345. The van der Waals surface area contributed by atoms with Gasteiger partial charge in [0.15, 0.2) is 5.69 Å². The number of aromatic amines is 1. The average molecular weight is 598 g/mol. The predicted molar refractivity (Wildman–Crippen MR) is 149 cm³/mol. The van der Waals surface area contributed by atoms with Crippen molar-refractivity contribution in [2.75, 3.05) is 18.5 Å². The summed E-state index contributed by atoms with van der Waals surface area (Å²) in [6, 6.07) is 9.84. The van der Waals surface area contributed by atoms with Crippen molar-refractivity contribution in [3.63, 3.8) is 0 Å². The van der Waals surface area contributed by atoms with Gasteiger partial charge in [0.25, 0.3) is 5.91 Å². The highest BCUT2D eigenvalue weighted by Gasteiger charge is 2.34. The number of nitrogens with one attached hydrogen (secondary N) is 2. The molecule has 1 saturated heterocycles. The van der Waals surface area contributed by atoms with Gasteiger partial charge in [0.2, 0.25) is 0 Å². The third-order valence-electron chi connectivity index (χ3n) is 6.03. The van der Waals surface area contributed by atoms with Crippen LogP contribution in [0, 0.1) is 0 Å². The lowest BCUT2D eigenvalue weighted by molar-refractivity contribution is 0.00853. The topological polar surface area (TPSA) is 127 Å². The number of hydrogen-bond acceptors (Lipinski definition) is 7. The molecule has 3 aromatic rings. The van der Waals surface area contributed by atoms with Gasteiger partial charge < -0.3 is 19.8 Å². The van der Waals surface area contributed by atoms with Crippen LogP contribution in [0.5, 0.6) is 0 Å². The van der Waals surface area contributed by atoms with Crippen molar-refractivity contribution < 1.29 is 23.9 Å². The maximum absolute atomic E-state index is 13.0. The van der Waals surface area contributed by atoms with Crippen LogP contribution in [0.4, 0.5) is 10.6 Å². The molecule has 0 unspecified atom stereocenters. The molecular formula is C28H32BrN5O5. The maximum Gasteiger partial charge on any atom is 0.410 e. The number of likely N-dealkylation sites (tertiary alicyclic amines) is 1. The van der Waals surface area contributed by atoms with Gasteiger partial charge in [-0.05, 0) is 71.2 Å². The third-order valence-corrected chi connectivity index (χ3v) is 6.53. The zero-order chi connectivity index (χ0) is 28.2. The molecule has 1 aromatic carbocycles. The number of carbonyl (C=O) groups excluding carboxylic acids is 3. The van der Waals surface area contributed by atoms with Crippen LogP contribution in [0.25, 0.3) is 11.3 Å². The van der Waals surface area contributed by atoms with Gasteiger partial charge in [-0.25, -0.2) is 19.6 Å². The molecule has 2 amide bonds. The van der Waals surface area contributed by atoms with E-state index in [0.29, 0.717) is 41.4 Å². The van der Waals surface area contributed by atoms with Crippen LogP contribution in [-0.4, -0.2) is 56.6 Å². The van der Waals surface area contributed by atoms with Crippen molar-refractivity contribution in [2.24, 2.45) is 0 Å². The fourth-order valence-electron chi connectivity index (χ4n) is 4.31. The molecule has 2 aromatic heterocycles. The van der Waals surface area contributed by atoms with Crippen LogP contribution >= 0.6 is 15.9 Å². The molecule has 3 heterocycles. The first-order valence-electron chi connectivity index (χ1n) is 12.9. The first-order valence-corrected chi connectivity index (χ1v) is 13.6. The van der Waals surface area contributed by atoms with E-state index in [1.54, 1.807) is 54.4 Å². The number of aromatic nitrogens is 3. The third kappa shape index (κ3) is 7.03. The predicted octanol–water partition coefficient (Wildman–Crippen LogP) is 6.13. The van der Waals surface area contributed by atoms with Crippen LogP contribution in [0.3, 0.4) is 0 Å². The number of carbonyl (C=O) groups is 3. The molecule has 39 heavy (non-hydrogen) atoms. The van der Waals surface area contributed by atoms with E-state index in [-0.39, 0.29) is 24.2 Å². The summed E-state index contributed by atoms with van der Waals surface area (Å²) in [6.45, 7) is 7.93. The van der Waals surface area contributed by atoms with Crippen LogP contribution in [0.15, 0.2) is 47.1 Å². The van der Waals surface area contributed by atoms with Crippen LogP contribution in [0.2, 0.25) is 0 Å². The lowest BCUT2D eigenvalue weighted by Gasteiger charge is -2.35. The summed E-state index contributed by atoms with van der Waals surface area (Å²) >= 11 is 3.36. The second kappa shape index (κ2) is 12.0. The summed E-state index contributed by atoms with van der Waals surface area (Å²) in [6.07, 6.45) is 3.61. The molecule has 1 aliphatic heterocycles. The highest BCUT2D eigenvalue weighted by Crippen LogP contribution is 2.33. The number of esters is 1. The van der Waals surface area contributed by atoms with E-state index in [4.69, 9.17) is 14.5 Å². The fourth-order valence-corrected chi connectivity index (χ4v) is 4.64. The molecule has 1 atom stereocenters. The van der Waals surface area contributed by atoms with Gasteiger partial charge in [0.1, 0.15) is 22.9 Å². The first-order chi connectivity index (χ1) is 18.6. The van der Waals surface area contributed by atoms with Crippen molar-refractivity contribution in [1.82, 2.24) is 19.9 Å². The van der Waals surface area contributed by atoms with Crippen molar-refractivity contribution in [3.05, 3.63) is 64.1 Å². The number of anilines is 1. The first kappa shape index (κ1) is 28.3. The second-order valence-electron chi connectivity index (χ2n) is 10.1. The zero-order valence-corrected chi connectivity index (χ0v) is 24.0. The molecular weight excluding hydrogens is 566 g/mol. The van der Waals surface area contributed by atoms with Gasteiger partial charge in [0.05, 0.1) is 12.6 Å². The molecule has 0 spiro atoms. The summed E-state index contributed by atoms with van der Waals surface area (Å²) in [5, 5.41) is 2.76. The molecule has 0 aliphatic carbocycles. The summed E-state index contributed by atoms with van der Waals surface area (Å²) in [5.41, 5.74) is 0.982. The monoisotopic (exact) mass is 597 g/mol. The molecule has 206 valence electrons. The van der Waals surface area contributed by atoms with Crippen molar-refractivity contribution in [3.8, 4) is 11.3 Å². The number of ether oxygens (including phenoxy) is 2. The van der Waals surface area contributed by atoms with Crippen molar-refractivity contribution in [2.45, 2.75) is 58.6 Å². The number of benzene rings is 1. The van der Waals surface area contributed by atoms with Gasteiger partial charge in [0, 0.05) is 28.3 Å². The smallest absolute Gasteiger partial charge is 0.410 e. The molecule has 1 aliphatic rings. The number of piperidine rings is 1. The molecule has 2 N–H and O–H groups in total. The Balaban J connectivity index is 1.63. The number of imidazole rings is 1. The average Bonchev–Trinajstić information content (AvgIpc) is 3.33. The van der Waals surface area contributed by atoms with E-state index < -0.39 is 17.7 Å². The quantitative estimate of drug-likeness (QED) is 0.327. The normalized spacial score (nSPS) is 15.5. The highest BCUT2D eigenvalue weighted by molar-refractivity contribution is 9.10. The van der Waals surface area contributed by atoms with E-state index in [1.165, 1.54) is 0 Å². The minimum Gasteiger partial charge on any atom is -0.461 e. The minimum absolute atomic E-state index is 0.192. The largest absolute Gasteiger partial charge is 0.461 e. The van der Waals surface area contributed by atoms with E-state index in [2.05, 4.69) is 31.2 Å². The standard InChI is InChI=1S/C28H32BrN5O5/c1-5-38-26(36)23-22(17-9-11-18(12-10-17)25(35)31-21-16-19(29)13-14-30-21)32-24(33-23)20-8-6-7-15-34(20)27(37)39-28(2,3)4/h9-14,16,20H,5-8,15H2,1-4H3,(H,32,33)(H,30,31,35)/t20-/m0/s1. The number of amides is 2. The Kier molecular flexibility index (Phi) is 8.69. The van der Waals surface area contributed by atoms with Crippen LogP contribution < -0.4 is 5.32 Å². The highest BCUT2D eigenvalue weighted by atomic mass is 79.9. The Bertz CT molecular complexity index is 1350. The van der Waals surface area contributed by atoms with E-state index >= 15 is 0 Å². The van der Waals surface area contributed by atoms with Gasteiger partial charge >= 0.3 is 12.1 Å². The Morgan fingerprint density at radius 2 is 1.90 bits per heavy atom. The Morgan fingerprint density at radius 3 is 2.56 bits per heavy atom. The van der Waals surface area contributed by atoms with Crippen molar-refractivity contribution >= 4 is 39.7 Å². The Morgan fingerprint density at radius 1 is 1.15 bits per heavy atom. The van der Waals surface area contributed by atoms with Gasteiger partial charge in [-0.2, -0.15) is 0 Å². The van der Waals surface area contributed by atoms with Gasteiger partial charge in [-0.1, -0.05) is 28.1 Å². The lowest BCUT2D eigenvalue weighted by Crippen LogP contribution is -2.42. The molecule has 11 heteroatoms. The molecule has 1 fully saturated rings. The van der Waals surface area contributed by atoms with Crippen molar-refractivity contribution in [1.29, 1.82) is 0 Å². The SMILES string of the molecule is CCOC(=O)c1[nH]c([C@@H]2CCCCN2C(=O)OC(C)(C)C)nc1-c1ccc(C(=O)Nc2cc(Br)ccn2)cc1. The lowest BCUT2D eigenvalue weighted by atomic mass is 10.0. The minimum atomic E-state index is -0.634. The zero-order valence-electron chi connectivity index (χ0n) is 22.4. The molecule has 0 saturated carbocycles. The summed E-state index contributed by atoms with van der Waals surface area (Å²) in [4.78, 5) is 52.3. The van der Waals surface area contributed by atoms with Crippen LogP contribution in [0.1, 0.15) is 79.7 Å². The van der Waals surface area contributed by atoms with E-state index in [9.17, 15) is 14.4 Å². The second-order valence-corrected chi connectivity index (χ2v) is 11.1. The number of pyridine rings is 1. The number of halogens is 1. The van der Waals surface area contributed by atoms with E-state index in [1.807, 2.05) is 20.8 Å². The Hall–Kier alpha value is -3.73. The van der Waals surface area contributed by atoms with Crippen LogP contribution in [-0.2, 0) is 9.47 Å². The summed E-state index contributed by atoms with van der Waals surface area (Å²) in [7, 11) is 0. The fraction of sp³-hybridized carbons (Fsp3) is 0.393. The number of hydrogen-bond donors (Lipinski definition) is 2. The van der Waals surface area contributed by atoms with Gasteiger partial charge in [-0.15, -0.1) is 0 Å². The number of H-pyrrole nitrogens is 1. The maximum atomic E-state index is 13.0. The number of nitrogens with zero attached hydrogens (tertiary/aromatic N) is 3. The number of rotatable bonds is 6. The molecule has 0 bridgehead atoms. The Labute approximate surface area is 235 Å². The molecule has 0 radical (unpaired) electrons. The molecule has 10 nitrogen and oxygen atoms in total. The summed E-state index contributed by atoms with van der Waals surface area (Å²) < 4.78 is 11.7. The molecule has 4 rings (SSSR count).